The van der Waals surface area contributed by atoms with E-state index in [1.54, 1.807) is 0 Å². The van der Waals surface area contributed by atoms with Gasteiger partial charge in [-0.05, 0) is 16.7 Å². The maximum Gasteiger partial charge on any atom is 0.122 e. The third-order valence-electron chi connectivity index (χ3n) is 3.23. The summed E-state index contributed by atoms with van der Waals surface area (Å²) in [6.45, 7) is 1.65. The van der Waals surface area contributed by atoms with Crippen LogP contribution in [0.15, 0.2) is 54.6 Å². The van der Waals surface area contributed by atoms with Gasteiger partial charge in [0.15, 0.2) is 0 Å². The lowest BCUT2D eigenvalue weighted by Crippen LogP contribution is -2.10. The molecule has 2 aromatic carbocycles. The Balaban J connectivity index is 1.83. The van der Waals surface area contributed by atoms with Crippen LogP contribution in [0.1, 0.15) is 22.3 Å². The SMILES string of the molecule is N=C(N)c1ccc(COCc2ccc(C=CCN)cc2)cc1. The molecule has 0 unspecified atom stereocenters. The molecule has 114 valence electrons. The van der Waals surface area contributed by atoms with Gasteiger partial charge in [0.2, 0.25) is 0 Å². The number of amidine groups is 1. The fourth-order valence-corrected chi connectivity index (χ4v) is 2.00. The Hall–Kier alpha value is -2.43. The normalized spacial score (nSPS) is 11.0. The summed E-state index contributed by atoms with van der Waals surface area (Å²) in [6, 6.07) is 15.7. The van der Waals surface area contributed by atoms with E-state index in [0.29, 0.717) is 19.8 Å². The zero-order chi connectivity index (χ0) is 15.8. The van der Waals surface area contributed by atoms with Crippen molar-refractivity contribution < 1.29 is 4.74 Å². The van der Waals surface area contributed by atoms with Crippen LogP contribution in [0.3, 0.4) is 0 Å². The third-order valence-corrected chi connectivity index (χ3v) is 3.23. The van der Waals surface area contributed by atoms with Crippen molar-refractivity contribution in [3.63, 3.8) is 0 Å². The van der Waals surface area contributed by atoms with Crippen molar-refractivity contribution in [1.29, 1.82) is 5.41 Å². The highest BCUT2D eigenvalue weighted by Gasteiger charge is 1.98. The lowest BCUT2D eigenvalue weighted by atomic mass is 10.1. The van der Waals surface area contributed by atoms with Crippen LogP contribution in [0.4, 0.5) is 0 Å². The first-order chi connectivity index (χ1) is 10.7. The van der Waals surface area contributed by atoms with Gasteiger partial charge in [-0.25, -0.2) is 0 Å². The quantitative estimate of drug-likeness (QED) is 0.542. The number of nitrogen functional groups attached to an aromatic ring is 1. The van der Waals surface area contributed by atoms with Crippen molar-refractivity contribution in [1.82, 2.24) is 0 Å². The molecule has 0 aromatic heterocycles. The molecule has 0 radical (unpaired) electrons. The minimum absolute atomic E-state index is 0.0799. The van der Waals surface area contributed by atoms with Crippen molar-refractivity contribution in [3.8, 4) is 0 Å². The molecule has 0 aliphatic carbocycles. The molecule has 2 aromatic rings. The summed E-state index contributed by atoms with van der Waals surface area (Å²) in [4.78, 5) is 0. The first kappa shape index (κ1) is 15.9. The van der Waals surface area contributed by atoms with Gasteiger partial charge in [-0.3, -0.25) is 5.41 Å². The fraction of sp³-hybridized carbons (Fsp3) is 0.167. The number of nitrogens with two attached hydrogens (primary N) is 2. The van der Waals surface area contributed by atoms with Crippen LogP contribution in [0.25, 0.3) is 6.08 Å². The molecule has 0 atom stereocenters. The van der Waals surface area contributed by atoms with E-state index in [1.165, 1.54) is 0 Å². The number of rotatable bonds is 7. The molecule has 5 N–H and O–H groups in total. The second kappa shape index (κ2) is 8.12. The average Bonchev–Trinajstić information content (AvgIpc) is 2.54. The van der Waals surface area contributed by atoms with Crippen molar-refractivity contribution >= 4 is 11.9 Å². The molecule has 22 heavy (non-hydrogen) atoms. The second-order valence-electron chi connectivity index (χ2n) is 4.98. The molecule has 4 heteroatoms. The van der Waals surface area contributed by atoms with Gasteiger partial charge in [-0.1, -0.05) is 60.7 Å². The molecule has 0 saturated heterocycles. The van der Waals surface area contributed by atoms with Crippen LogP contribution in [0.2, 0.25) is 0 Å². The Morgan fingerprint density at radius 2 is 1.50 bits per heavy atom. The molecular formula is C18H21N3O. The number of hydrogen-bond donors (Lipinski definition) is 3. The minimum Gasteiger partial charge on any atom is -0.384 e. The van der Waals surface area contributed by atoms with Gasteiger partial charge < -0.3 is 16.2 Å². The lowest BCUT2D eigenvalue weighted by Gasteiger charge is -2.06. The molecular weight excluding hydrogens is 274 g/mol. The molecule has 0 spiro atoms. The maximum absolute atomic E-state index is 7.35. The van der Waals surface area contributed by atoms with Crippen molar-refractivity contribution in [2.75, 3.05) is 6.54 Å². The number of hydrogen-bond acceptors (Lipinski definition) is 3. The van der Waals surface area contributed by atoms with Gasteiger partial charge in [-0.2, -0.15) is 0 Å². The predicted octanol–water partition coefficient (Wildman–Crippen LogP) is 2.66. The molecule has 0 saturated carbocycles. The van der Waals surface area contributed by atoms with Crippen LogP contribution in [-0.2, 0) is 18.0 Å². The first-order valence-electron chi connectivity index (χ1n) is 7.15. The summed E-state index contributed by atoms with van der Waals surface area (Å²) >= 11 is 0. The summed E-state index contributed by atoms with van der Waals surface area (Å²) in [6.07, 6.45) is 3.93. The minimum atomic E-state index is 0.0799. The maximum atomic E-state index is 7.35. The first-order valence-corrected chi connectivity index (χ1v) is 7.15. The van der Waals surface area contributed by atoms with Crippen molar-refractivity contribution in [2.24, 2.45) is 11.5 Å². The monoisotopic (exact) mass is 295 g/mol. The second-order valence-corrected chi connectivity index (χ2v) is 4.98. The number of nitrogens with one attached hydrogen (secondary N) is 1. The number of benzene rings is 2. The fourth-order valence-electron chi connectivity index (χ4n) is 2.00. The highest BCUT2D eigenvalue weighted by atomic mass is 16.5. The Bertz CT molecular complexity index is 630. The Morgan fingerprint density at radius 3 is 2.00 bits per heavy atom. The highest BCUT2D eigenvalue weighted by Crippen LogP contribution is 2.10. The van der Waals surface area contributed by atoms with E-state index < -0.39 is 0 Å². The molecule has 0 heterocycles. The van der Waals surface area contributed by atoms with Crippen molar-refractivity contribution in [2.45, 2.75) is 13.2 Å². The molecule has 0 bridgehead atoms. The van der Waals surface area contributed by atoms with E-state index in [1.807, 2.05) is 48.6 Å². The van der Waals surface area contributed by atoms with E-state index in [2.05, 4.69) is 12.1 Å². The van der Waals surface area contributed by atoms with E-state index >= 15 is 0 Å². The zero-order valence-corrected chi connectivity index (χ0v) is 12.5. The van der Waals surface area contributed by atoms with Crippen LogP contribution in [-0.4, -0.2) is 12.4 Å². The van der Waals surface area contributed by atoms with Crippen LogP contribution in [0, 0.1) is 5.41 Å². The predicted molar refractivity (Wildman–Crippen MR) is 90.5 cm³/mol. The van der Waals surface area contributed by atoms with Gasteiger partial charge in [0, 0.05) is 12.1 Å². The summed E-state index contributed by atoms with van der Waals surface area (Å²) in [7, 11) is 0. The largest absolute Gasteiger partial charge is 0.384 e. The lowest BCUT2D eigenvalue weighted by molar-refractivity contribution is 0.107. The van der Waals surface area contributed by atoms with Crippen LogP contribution in [0.5, 0.6) is 0 Å². The highest BCUT2D eigenvalue weighted by molar-refractivity contribution is 5.94. The summed E-state index contributed by atoms with van der Waals surface area (Å²) in [5.74, 6) is 0.0799. The van der Waals surface area contributed by atoms with Crippen LogP contribution >= 0.6 is 0 Å². The Kier molecular flexibility index (Phi) is 5.89. The molecule has 0 amide bonds. The average molecular weight is 295 g/mol. The summed E-state index contributed by atoms with van der Waals surface area (Å²) in [5.41, 5.74) is 14.9. The molecule has 0 fully saturated rings. The Morgan fingerprint density at radius 1 is 0.955 bits per heavy atom. The van der Waals surface area contributed by atoms with E-state index in [9.17, 15) is 0 Å². The number of ether oxygens (including phenoxy) is 1. The van der Waals surface area contributed by atoms with Gasteiger partial charge in [-0.15, -0.1) is 0 Å². The smallest absolute Gasteiger partial charge is 0.122 e. The van der Waals surface area contributed by atoms with E-state index in [4.69, 9.17) is 21.6 Å². The third kappa shape index (κ3) is 4.84. The van der Waals surface area contributed by atoms with E-state index in [0.717, 1.165) is 22.3 Å². The molecule has 2 rings (SSSR count). The molecule has 0 aliphatic heterocycles. The van der Waals surface area contributed by atoms with E-state index in [-0.39, 0.29) is 5.84 Å². The Labute approximate surface area is 130 Å². The van der Waals surface area contributed by atoms with Gasteiger partial charge in [0.1, 0.15) is 5.84 Å². The van der Waals surface area contributed by atoms with Crippen molar-refractivity contribution in [3.05, 3.63) is 76.9 Å². The standard InChI is InChI=1S/C18H21N3O/c19-11-1-2-14-3-5-15(6-4-14)12-22-13-16-7-9-17(10-8-16)18(20)21/h1-10H,11-13,19H2,(H3,20,21). The summed E-state index contributed by atoms with van der Waals surface area (Å²) in [5, 5.41) is 7.35. The summed E-state index contributed by atoms with van der Waals surface area (Å²) < 4.78 is 5.70. The molecule has 0 aliphatic rings. The topological polar surface area (TPSA) is 85.1 Å². The van der Waals surface area contributed by atoms with Gasteiger partial charge in [0.25, 0.3) is 0 Å². The molecule has 4 nitrogen and oxygen atoms in total. The van der Waals surface area contributed by atoms with Gasteiger partial charge >= 0.3 is 0 Å². The van der Waals surface area contributed by atoms with Crippen LogP contribution < -0.4 is 11.5 Å². The van der Waals surface area contributed by atoms with Gasteiger partial charge in [0.05, 0.1) is 13.2 Å². The zero-order valence-electron chi connectivity index (χ0n) is 12.5.